The molecular formula is C17H31N3O2. The van der Waals surface area contributed by atoms with Crippen molar-refractivity contribution >= 4 is 0 Å². The average molecular weight is 309 g/mol. The van der Waals surface area contributed by atoms with Crippen molar-refractivity contribution in [3.8, 4) is 0 Å². The summed E-state index contributed by atoms with van der Waals surface area (Å²) >= 11 is 0. The lowest BCUT2D eigenvalue weighted by Crippen LogP contribution is -2.52. The highest BCUT2D eigenvalue weighted by Crippen LogP contribution is 2.23. The molecule has 1 fully saturated rings. The molecule has 0 bridgehead atoms. The van der Waals surface area contributed by atoms with Crippen molar-refractivity contribution in [3.63, 3.8) is 0 Å². The highest BCUT2D eigenvalue weighted by molar-refractivity contribution is 5.06. The number of oxazole rings is 1. The first-order valence-corrected chi connectivity index (χ1v) is 8.39. The molecule has 1 aliphatic heterocycles. The quantitative estimate of drug-likeness (QED) is 0.755. The summed E-state index contributed by atoms with van der Waals surface area (Å²) in [7, 11) is 0. The molecule has 1 aromatic heterocycles. The molecule has 126 valence electrons. The Morgan fingerprint density at radius 1 is 1.36 bits per heavy atom. The molecule has 0 amide bonds. The third kappa shape index (κ3) is 4.80. The van der Waals surface area contributed by atoms with Gasteiger partial charge in [0, 0.05) is 44.2 Å². The molecule has 1 atom stereocenters. The van der Waals surface area contributed by atoms with Crippen LogP contribution in [0.4, 0.5) is 0 Å². The number of nitrogens with zero attached hydrogens (tertiary/aromatic N) is 3. The van der Waals surface area contributed by atoms with Crippen LogP contribution in [0.2, 0.25) is 0 Å². The van der Waals surface area contributed by atoms with Gasteiger partial charge < -0.3 is 9.15 Å². The summed E-state index contributed by atoms with van der Waals surface area (Å²) in [6, 6.07) is 0.547. The second-order valence-electron chi connectivity index (χ2n) is 7.19. The standard InChI is InChI=1S/C17H31N3O2/c1-6-21-10-9-20-8-7-19(12-14(20)2)13-16-18-11-15(22-16)17(3,4)5/h11,14H,6-10,12-13H2,1-5H3. The molecule has 5 heteroatoms. The predicted octanol–water partition coefficient (Wildman–Crippen LogP) is 2.51. The van der Waals surface area contributed by atoms with Crippen molar-refractivity contribution in [2.24, 2.45) is 0 Å². The van der Waals surface area contributed by atoms with E-state index in [4.69, 9.17) is 9.15 Å². The number of hydrogen-bond acceptors (Lipinski definition) is 5. The maximum Gasteiger partial charge on any atom is 0.208 e. The molecule has 0 radical (unpaired) electrons. The lowest BCUT2D eigenvalue weighted by Gasteiger charge is -2.39. The van der Waals surface area contributed by atoms with Crippen LogP contribution in [0.25, 0.3) is 0 Å². The summed E-state index contributed by atoms with van der Waals surface area (Å²) in [5.74, 6) is 1.80. The van der Waals surface area contributed by atoms with E-state index in [1.165, 1.54) is 0 Å². The first kappa shape index (κ1) is 17.4. The number of aromatic nitrogens is 1. The minimum Gasteiger partial charge on any atom is -0.444 e. The summed E-state index contributed by atoms with van der Waals surface area (Å²) in [5.41, 5.74) is 0.0243. The Labute approximate surface area is 134 Å². The SMILES string of the molecule is CCOCCN1CCN(Cc2ncc(C(C)(C)C)o2)CC1C. The van der Waals surface area contributed by atoms with E-state index in [1.807, 2.05) is 13.1 Å². The monoisotopic (exact) mass is 309 g/mol. The van der Waals surface area contributed by atoms with Crippen molar-refractivity contribution < 1.29 is 9.15 Å². The van der Waals surface area contributed by atoms with Crippen molar-refractivity contribution in [2.75, 3.05) is 39.4 Å². The molecule has 1 aromatic rings. The van der Waals surface area contributed by atoms with E-state index in [0.29, 0.717) is 6.04 Å². The maximum absolute atomic E-state index is 5.91. The molecular weight excluding hydrogens is 278 g/mol. The van der Waals surface area contributed by atoms with Gasteiger partial charge in [-0.25, -0.2) is 4.98 Å². The zero-order valence-corrected chi connectivity index (χ0v) is 14.8. The molecule has 22 heavy (non-hydrogen) atoms. The normalized spacial score (nSPS) is 21.4. The Bertz CT molecular complexity index is 453. The Morgan fingerprint density at radius 2 is 2.14 bits per heavy atom. The van der Waals surface area contributed by atoms with Crippen LogP contribution in [0.5, 0.6) is 0 Å². The van der Waals surface area contributed by atoms with Gasteiger partial charge in [0.2, 0.25) is 5.89 Å². The third-order valence-electron chi connectivity index (χ3n) is 4.23. The zero-order valence-electron chi connectivity index (χ0n) is 14.8. The van der Waals surface area contributed by atoms with Crippen LogP contribution in [-0.4, -0.2) is 60.2 Å². The van der Waals surface area contributed by atoms with E-state index in [1.54, 1.807) is 0 Å². The summed E-state index contributed by atoms with van der Waals surface area (Å²) < 4.78 is 11.4. The highest BCUT2D eigenvalue weighted by Gasteiger charge is 2.25. The van der Waals surface area contributed by atoms with Crippen LogP contribution >= 0.6 is 0 Å². The predicted molar refractivity (Wildman–Crippen MR) is 88.0 cm³/mol. The maximum atomic E-state index is 5.91. The lowest BCUT2D eigenvalue weighted by atomic mass is 9.94. The van der Waals surface area contributed by atoms with Gasteiger partial charge in [0.1, 0.15) is 5.76 Å². The molecule has 0 saturated carbocycles. The number of ether oxygens (including phenoxy) is 1. The fourth-order valence-corrected chi connectivity index (χ4v) is 2.79. The Morgan fingerprint density at radius 3 is 2.73 bits per heavy atom. The molecule has 2 rings (SSSR count). The first-order valence-electron chi connectivity index (χ1n) is 8.39. The molecule has 5 nitrogen and oxygen atoms in total. The zero-order chi connectivity index (χ0) is 16.2. The summed E-state index contributed by atoms with van der Waals surface area (Å²) in [6.45, 7) is 17.4. The van der Waals surface area contributed by atoms with Gasteiger partial charge in [-0.2, -0.15) is 0 Å². The van der Waals surface area contributed by atoms with Crippen molar-refractivity contribution in [1.82, 2.24) is 14.8 Å². The first-order chi connectivity index (χ1) is 10.4. The molecule has 0 aliphatic carbocycles. The molecule has 1 unspecified atom stereocenters. The van der Waals surface area contributed by atoms with Gasteiger partial charge in [0.15, 0.2) is 0 Å². The van der Waals surface area contributed by atoms with E-state index in [-0.39, 0.29) is 5.41 Å². The van der Waals surface area contributed by atoms with Crippen LogP contribution < -0.4 is 0 Å². The molecule has 1 aliphatic rings. The smallest absolute Gasteiger partial charge is 0.208 e. The van der Waals surface area contributed by atoms with Gasteiger partial charge in [0.05, 0.1) is 19.3 Å². The topological polar surface area (TPSA) is 41.7 Å². The number of rotatable bonds is 6. The molecule has 1 saturated heterocycles. The van der Waals surface area contributed by atoms with Crippen LogP contribution in [0.1, 0.15) is 46.3 Å². The minimum atomic E-state index is 0.0243. The fraction of sp³-hybridized carbons (Fsp3) is 0.824. The fourth-order valence-electron chi connectivity index (χ4n) is 2.79. The Balaban J connectivity index is 1.82. The van der Waals surface area contributed by atoms with E-state index in [2.05, 4.69) is 42.5 Å². The van der Waals surface area contributed by atoms with E-state index in [9.17, 15) is 0 Å². The van der Waals surface area contributed by atoms with E-state index in [0.717, 1.165) is 57.6 Å². The van der Waals surface area contributed by atoms with E-state index < -0.39 is 0 Å². The summed E-state index contributed by atoms with van der Waals surface area (Å²) in [4.78, 5) is 9.37. The van der Waals surface area contributed by atoms with Gasteiger partial charge >= 0.3 is 0 Å². The van der Waals surface area contributed by atoms with Gasteiger partial charge in [0.25, 0.3) is 0 Å². The number of hydrogen-bond donors (Lipinski definition) is 0. The molecule has 0 aromatic carbocycles. The van der Waals surface area contributed by atoms with Crippen LogP contribution in [-0.2, 0) is 16.7 Å². The second kappa shape index (κ2) is 7.57. The van der Waals surface area contributed by atoms with Crippen molar-refractivity contribution in [2.45, 2.75) is 52.6 Å². The van der Waals surface area contributed by atoms with Crippen LogP contribution in [0.3, 0.4) is 0 Å². The van der Waals surface area contributed by atoms with Gasteiger partial charge in [-0.15, -0.1) is 0 Å². The second-order valence-corrected chi connectivity index (χ2v) is 7.19. The van der Waals surface area contributed by atoms with Crippen LogP contribution in [0.15, 0.2) is 10.6 Å². The Hall–Kier alpha value is -0.910. The lowest BCUT2D eigenvalue weighted by molar-refractivity contribution is 0.0434. The number of piperazine rings is 1. The third-order valence-corrected chi connectivity index (χ3v) is 4.23. The average Bonchev–Trinajstić information content (AvgIpc) is 2.90. The molecule has 0 spiro atoms. The molecule has 2 heterocycles. The van der Waals surface area contributed by atoms with Gasteiger partial charge in [-0.1, -0.05) is 20.8 Å². The van der Waals surface area contributed by atoms with Crippen molar-refractivity contribution in [3.05, 3.63) is 17.8 Å². The van der Waals surface area contributed by atoms with Gasteiger partial charge in [-0.05, 0) is 13.8 Å². The van der Waals surface area contributed by atoms with Crippen LogP contribution in [0, 0.1) is 0 Å². The summed E-state index contributed by atoms with van der Waals surface area (Å²) in [5, 5.41) is 0. The van der Waals surface area contributed by atoms with Crippen molar-refractivity contribution in [1.29, 1.82) is 0 Å². The Kier molecular flexibility index (Phi) is 6.01. The highest BCUT2D eigenvalue weighted by atomic mass is 16.5. The minimum absolute atomic E-state index is 0.0243. The van der Waals surface area contributed by atoms with E-state index >= 15 is 0 Å². The largest absolute Gasteiger partial charge is 0.444 e. The molecule has 0 N–H and O–H groups in total. The van der Waals surface area contributed by atoms with Gasteiger partial charge in [-0.3, -0.25) is 9.80 Å². The summed E-state index contributed by atoms with van der Waals surface area (Å²) in [6.07, 6.45) is 1.87.